The van der Waals surface area contributed by atoms with Crippen molar-refractivity contribution in [2.45, 2.75) is 13.0 Å². The van der Waals surface area contributed by atoms with E-state index in [4.69, 9.17) is 4.74 Å². The van der Waals surface area contributed by atoms with Crippen LogP contribution in [0.4, 0.5) is 0 Å². The maximum atomic E-state index is 12.3. The summed E-state index contributed by atoms with van der Waals surface area (Å²) in [7, 11) is 0. The monoisotopic (exact) mass is 252 g/mol. The number of carbonyl (C=O) groups is 1. The molecule has 1 N–H and O–H groups in total. The van der Waals surface area contributed by atoms with Crippen LogP contribution in [0.25, 0.3) is 0 Å². The number of carbonyl (C=O) groups excluding carboxylic acids is 1. The number of ether oxygens (including phenoxy) is 1. The number of hydrogen-bond acceptors (Lipinski definition) is 4. The summed E-state index contributed by atoms with van der Waals surface area (Å²) in [5, 5.41) is 3.33. The van der Waals surface area contributed by atoms with Gasteiger partial charge >= 0.3 is 0 Å². The number of rotatable bonds is 1. The molecule has 0 atom stereocenters. The second-order valence-corrected chi connectivity index (χ2v) is 5.53. The minimum Gasteiger partial charge on any atom is -0.378 e. The molecule has 1 fully saturated rings. The highest BCUT2D eigenvalue weighted by Crippen LogP contribution is 2.26. The van der Waals surface area contributed by atoms with Crippen molar-refractivity contribution in [1.29, 1.82) is 0 Å². The number of fused-ring (bicyclic) bond motifs is 1. The maximum Gasteiger partial charge on any atom is 0.264 e. The Morgan fingerprint density at radius 1 is 1.41 bits per heavy atom. The zero-order chi connectivity index (χ0) is 11.7. The highest BCUT2D eigenvalue weighted by Gasteiger charge is 2.22. The van der Waals surface area contributed by atoms with E-state index in [1.54, 1.807) is 11.3 Å². The van der Waals surface area contributed by atoms with Crippen LogP contribution in [0.5, 0.6) is 0 Å². The summed E-state index contributed by atoms with van der Waals surface area (Å²) in [6.45, 7) is 4.71. The molecule has 1 aromatic heterocycles. The number of thiophene rings is 1. The Bertz CT molecular complexity index is 401. The molecule has 3 heterocycles. The van der Waals surface area contributed by atoms with Crippen LogP contribution >= 0.6 is 11.3 Å². The minimum atomic E-state index is 0.174. The van der Waals surface area contributed by atoms with Crippen LogP contribution in [0.2, 0.25) is 0 Å². The van der Waals surface area contributed by atoms with Crippen LogP contribution in [-0.4, -0.2) is 43.7 Å². The van der Waals surface area contributed by atoms with Crippen molar-refractivity contribution >= 4 is 17.2 Å². The number of amides is 1. The van der Waals surface area contributed by atoms with Crippen molar-refractivity contribution < 1.29 is 9.53 Å². The molecule has 0 aliphatic carbocycles. The van der Waals surface area contributed by atoms with Gasteiger partial charge in [-0.3, -0.25) is 4.79 Å². The predicted molar refractivity (Wildman–Crippen MR) is 66.5 cm³/mol. The molecular weight excluding hydrogens is 236 g/mol. The maximum absolute atomic E-state index is 12.3. The Kier molecular flexibility index (Phi) is 3.13. The SMILES string of the molecule is O=C(c1cc2c(s1)CCNC2)N1CCOCC1. The Morgan fingerprint density at radius 2 is 2.24 bits per heavy atom. The van der Waals surface area contributed by atoms with Crippen molar-refractivity contribution in [3.63, 3.8) is 0 Å². The topological polar surface area (TPSA) is 41.6 Å². The fraction of sp³-hybridized carbons (Fsp3) is 0.583. The quantitative estimate of drug-likeness (QED) is 0.806. The van der Waals surface area contributed by atoms with Crippen molar-refractivity contribution in [2.24, 2.45) is 0 Å². The lowest BCUT2D eigenvalue weighted by Gasteiger charge is -2.26. The van der Waals surface area contributed by atoms with Gasteiger partial charge in [0.2, 0.25) is 0 Å². The molecule has 2 aliphatic rings. The zero-order valence-electron chi connectivity index (χ0n) is 9.70. The van der Waals surface area contributed by atoms with Gasteiger partial charge in [-0.2, -0.15) is 0 Å². The average molecular weight is 252 g/mol. The van der Waals surface area contributed by atoms with E-state index in [0.717, 1.165) is 37.5 Å². The first-order valence-corrected chi connectivity index (χ1v) is 6.85. The Balaban J connectivity index is 1.78. The van der Waals surface area contributed by atoms with Gasteiger partial charge < -0.3 is 15.0 Å². The summed E-state index contributed by atoms with van der Waals surface area (Å²) in [6.07, 6.45) is 1.05. The van der Waals surface area contributed by atoms with Crippen molar-refractivity contribution in [2.75, 3.05) is 32.8 Å². The van der Waals surface area contributed by atoms with E-state index < -0.39 is 0 Å². The lowest BCUT2D eigenvalue weighted by molar-refractivity contribution is 0.0306. The van der Waals surface area contributed by atoms with E-state index in [9.17, 15) is 4.79 Å². The van der Waals surface area contributed by atoms with E-state index >= 15 is 0 Å². The van der Waals surface area contributed by atoms with E-state index in [-0.39, 0.29) is 5.91 Å². The average Bonchev–Trinajstić information content (AvgIpc) is 2.82. The first kappa shape index (κ1) is 11.2. The predicted octanol–water partition coefficient (Wildman–Crippen LogP) is 0.866. The Hall–Kier alpha value is -0.910. The molecule has 92 valence electrons. The summed E-state index contributed by atoms with van der Waals surface area (Å²) < 4.78 is 5.27. The highest BCUT2D eigenvalue weighted by molar-refractivity contribution is 7.14. The fourth-order valence-electron chi connectivity index (χ4n) is 2.28. The van der Waals surface area contributed by atoms with Gasteiger partial charge in [0.25, 0.3) is 5.91 Å². The van der Waals surface area contributed by atoms with Crippen LogP contribution in [-0.2, 0) is 17.7 Å². The van der Waals surface area contributed by atoms with E-state index in [1.807, 2.05) is 4.90 Å². The van der Waals surface area contributed by atoms with Crippen molar-refractivity contribution in [3.05, 3.63) is 21.4 Å². The molecule has 0 bridgehead atoms. The highest BCUT2D eigenvalue weighted by atomic mass is 32.1. The molecule has 4 nitrogen and oxygen atoms in total. The van der Waals surface area contributed by atoms with Gasteiger partial charge in [0.05, 0.1) is 18.1 Å². The molecule has 1 amide bonds. The van der Waals surface area contributed by atoms with Gasteiger partial charge in [-0.15, -0.1) is 11.3 Å². The van der Waals surface area contributed by atoms with Gasteiger partial charge in [-0.25, -0.2) is 0 Å². The van der Waals surface area contributed by atoms with Crippen molar-refractivity contribution in [1.82, 2.24) is 10.2 Å². The van der Waals surface area contributed by atoms with E-state index in [2.05, 4.69) is 11.4 Å². The third kappa shape index (κ3) is 2.22. The standard InChI is InChI=1S/C12H16N2O2S/c15-12(14-3-5-16-6-4-14)11-7-9-8-13-2-1-10(9)17-11/h7,13H,1-6,8H2. The summed E-state index contributed by atoms with van der Waals surface area (Å²) >= 11 is 1.67. The van der Waals surface area contributed by atoms with Gasteiger partial charge in [-0.05, 0) is 18.1 Å². The van der Waals surface area contributed by atoms with Crippen LogP contribution < -0.4 is 5.32 Å². The Labute approximate surface area is 105 Å². The van der Waals surface area contributed by atoms with Crippen LogP contribution in [0.15, 0.2) is 6.07 Å². The third-order valence-corrected chi connectivity index (χ3v) is 4.48. The zero-order valence-corrected chi connectivity index (χ0v) is 10.5. The molecule has 0 radical (unpaired) electrons. The molecule has 0 spiro atoms. The molecule has 0 aromatic carbocycles. The first-order valence-electron chi connectivity index (χ1n) is 6.04. The minimum absolute atomic E-state index is 0.174. The molecule has 17 heavy (non-hydrogen) atoms. The first-order chi connectivity index (χ1) is 8.34. The van der Waals surface area contributed by atoms with Crippen LogP contribution in [0, 0.1) is 0 Å². The van der Waals surface area contributed by atoms with Crippen LogP contribution in [0.1, 0.15) is 20.1 Å². The molecular formula is C12H16N2O2S. The molecule has 3 rings (SSSR count). The molecule has 0 saturated carbocycles. The summed E-state index contributed by atoms with van der Waals surface area (Å²) in [5.41, 5.74) is 1.30. The smallest absolute Gasteiger partial charge is 0.264 e. The lowest BCUT2D eigenvalue weighted by atomic mass is 10.1. The molecule has 1 aromatic rings. The number of nitrogens with zero attached hydrogens (tertiary/aromatic N) is 1. The normalized spacial score (nSPS) is 20.1. The number of hydrogen-bond donors (Lipinski definition) is 1. The van der Waals surface area contributed by atoms with Gasteiger partial charge in [0, 0.05) is 31.1 Å². The second kappa shape index (κ2) is 4.76. The summed E-state index contributed by atoms with van der Waals surface area (Å²) in [4.78, 5) is 16.4. The molecule has 5 heteroatoms. The van der Waals surface area contributed by atoms with E-state index in [1.165, 1.54) is 10.4 Å². The summed E-state index contributed by atoms with van der Waals surface area (Å²) in [6, 6.07) is 2.06. The molecule has 1 saturated heterocycles. The fourth-order valence-corrected chi connectivity index (χ4v) is 3.43. The van der Waals surface area contributed by atoms with Crippen molar-refractivity contribution in [3.8, 4) is 0 Å². The Morgan fingerprint density at radius 3 is 3.00 bits per heavy atom. The summed E-state index contributed by atoms with van der Waals surface area (Å²) in [5.74, 6) is 0.174. The van der Waals surface area contributed by atoms with Gasteiger partial charge in [0.1, 0.15) is 0 Å². The largest absolute Gasteiger partial charge is 0.378 e. The molecule has 2 aliphatic heterocycles. The van der Waals surface area contributed by atoms with Crippen LogP contribution in [0.3, 0.4) is 0 Å². The number of nitrogens with one attached hydrogen (secondary N) is 1. The third-order valence-electron chi connectivity index (χ3n) is 3.25. The number of morpholine rings is 1. The molecule has 0 unspecified atom stereocenters. The lowest BCUT2D eigenvalue weighted by Crippen LogP contribution is -2.40. The van der Waals surface area contributed by atoms with Gasteiger partial charge in [-0.1, -0.05) is 0 Å². The van der Waals surface area contributed by atoms with E-state index in [0.29, 0.717) is 13.2 Å². The second-order valence-electron chi connectivity index (χ2n) is 4.39. The van der Waals surface area contributed by atoms with Gasteiger partial charge in [0.15, 0.2) is 0 Å².